The van der Waals surface area contributed by atoms with Crippen molar-refractivity contribution in [1.29, 1.82) is 0 Å². The van der Waals surface area contributed by atoms with Gasteiger partial charge in [0.05, 0.1) is 26.2 Å². The molecular formula is C27H41NO10. The van der Waals surface area contributed by atoms with Gasteiger partial charge in [0.15, 0.2) is 11.5 Å². The van der Waals surface area contributed by atoms with Crippen molar-refractivity contribution in [3.8, 4) is 11.5 Å². The maximum absolute atomic E-state index is 12.4. The molecule has 214 valence electrons. The van der Waals surface area contributed by atoms with Crippen LogP contribution >= 0.6 is 0 Å². The van der Waals surface area contributed by atoms with Crippen LogP contribution in [0, 0.1) is 17.8 Å². The van der Waals surface area contributed by atoms with Crippen molar-refractivity contribution in [2.45, 2.75) is 67.0 Å². The van der Waals surface area contributed by atoms with Gasteiger partial charge in [-0.3, -0.25) is 9.59 Å². The molecule has 38 heavy (non-hydrogen) atoms. The highest BCUT2D eigenvalue weighted by atomic mass is 16.7. The van der Waals surface area contributed by atoms with Gasteiger partial charge in [-0.1, -0.05) is 47.6 Å². The monoisotopic (exact) mass is 539 g/mol. The first-order valence-electron chi connectivity index (χ1n) is 12.7. The first kappa shape index (κ1) is 32.7. The molecule has 0 amide bonds. The average Bonchev–Trinajstić information content (AvgIpc) is 2.84. The van der Waals surface area contributed by atoms with Crippen LogP contribution in [-0.2, 0) is 35.0 Å². The molecule has 0 saturated carbocycles. The van der Waals surface area contributed by atoms with Crippen LogP contribution in [0.3, 0.4) is 0 Å². The van der Waals surface area contributed by atoms with Gasteiger partial charge in [-0.15, -0.1) is 0 Å². The number of carbonyl (C=O) groups excluding carboxylic acids is 4. The number of esters is 2. The van der Waals surface area contributed by atoms with Crippen molar-refractivity contribution in [1.82, 2.24) is 5.32 Å². The summed E-state index contributed by atoms with van der Waals surface area (Å²) in [7, 11) is 1.26. The Balaban J connectivity index is 3.07. The smallest absolute Gasteiger partial charge is 0.468 e. The van der Waals surface area contributed by atoms with Crippen LogP contribution in [0.15, 0.2) is 18.2 Å². The molecule has 0 spiro atoms. The van der Waals surface area contributed by atoms with Crippen LogP contribution < -0.4 is 14.8 Å². The Kier molecular flexibility index (Phi) is 14.2. The van der Waals surface area contributed by atoms with E-state index in [1.807, 2.05) is 27.7 Å². The third kappa shape index (κ3) is 12.8. The highest BCUT2D eigenvalue weighted by Crippen LogP contribution is 2.30. The molecule has 2 atom stereocenters. The third-order valence-corrected chi connectivity index (χ3v) is 4.83. The number of carbonyl (C=O) groups is 4. The zero-order valence-corrected chi connectivity index (χ0v) is 23.5. The van der Waals surface area contributed by atoms with Crippen molar-refractivity contribution >= 4 is 24.2 Å². The van der Waals surface area contributed by atoms with E-state index < -0.39 is 30.4 Å². The average molecular weight is 540 g/mol. The summed E-state index contributed by atoms with van der Waals surface area (Å²) in [4.78, 5) is 48.6. The molecule has 1 unspecified atom stereocenters. The Morgan fingerprint density at radius 3 is 1.84 bits per heavy atom. The Bertz CT molecular complexity index is 928. The molecular weight excluding hydrogens is 498 g/mol. The predicted octanol–water partition coefficient (Wildman–Crippen LogP) is 4.29. The maximum atomic E-state index is 12.4. The number of methoxy groups -OCH3 is 1. The fraction of sp³-hybridized carbons (Fsp3) is 0.630. The summed E-state index contributed by atoms with van der Waals surface area (Å²) in [6, 6.07) is 3.70. The normalized spacial score (nSPS) is 12.6. The summed E-state index contributed by atoms with van der Waals surface area (Å²) in [5, 5.41) is 3.04. The summed E-state index contributed by atoms with van der Waals surface area (Å²) >= 11 is 0. The van der Waals surface area contributed by atoms with Crippen molar-refractivity contribution in [3.05, 3.63) is 23.8 Å². The first-order valence-corrected chi connectivity index (χ1v) is 12.7. The number of rotatable bonds is 14. The molecule has 11 heteroatoms. The second-order valence-electron chi connectivity index (χ2n) is 9.99. The third-order valence-electron chi connectivity index (χ3n) is 4.83. The molecule has 0 aliphatic carbocycles. The second kappa shape index (κ2) is 16.5. The molecule has 0 heterocycles. The van der Waals surface area contributed by atoms with Gasteiger partial charge in [0, 0.05) is 6.54 Å². The fourth-order valence-corrected chi connectivity index (χ4v) is 2.85. The summed E-state index contributed by atoms with van der Waals surface area (Å²) in [6.45, 7) is 13.2. The lowest BCUT2D eigenvalue weighted by molar-refractivity contribution is -0.151. The summed E-state index contributed by atoms with van der Waals surface area (Å²) in [6.07, 6.45) is -2.28. The number of nitrogens with one attached hydrogen (secondary N) is 1. The molecule has 11 nitrogen and oxygen atoms in total. The lowest BCUT2D eigenvalue weighted by atomic mass is 10.0. The van der Waals surface area contributed by atoms with Crippen molar-refractivity contribution in [2.75, 3.05) is 26.9 Å². The highest BCUT2D eigenvalue weighted by Gasteiger charge is 2.23. The van der Waals surface area contributed by atoms with E-state index in [4.69, 9.17) is 28.4 Å². The molecule has 0 aliphatic rings. The molecule has 0 fully saturated rings. The quantitative estimate of drug-likeness (QED) is 0.206. The van der Waals surface area contributed by atoms with Gasteiger partial charge in [-0.2, -0.15) is 0 Å². The van der Waals surface area contributed by atoms with Gasteiger partial charge in [-0.25, -0.2) is 9.59 Å². The number of ether oxygens (including phenoxy) is 6. The van der Waals surface area contributed by atoms with Gasteiger partial charge in [0.1, 0.15) is 12.1 Å². The molecule has 1 aromatic rings. The van der Waals surface area contributed by atoms with Gasteiger partial charge < -0.3 is 33.7 Å². The summed E-state index contributed by atoms with van der Waals surface area (Å²) in [5.74, 6) is -1.11. The van der Waals surface area contributed by atoms with E-state index in [0.29, 0.717) is 5.56 Å². The fourth-order valence-electron chi connectivity index (χ4n) is 2.85. The van der Waals surface area contributed by atoms with Gasteiger partial charge in [0.2, 0.25) is 0 Å². The van der Waals surface area contributed by atoms with E-state index in [-0.39, 0.29) is 61.4 Å². The van der Waals surface area contributed by atoms with Crippen LogP contribution in [0.2, 0.25) is 0 Å². The van der Waals surface area contributed by atoms with Gasteiger partial charge in [-0.05, 0) is 42.9 Å². The Morgan fingerprint density at radius 1 is 0.789 bits per heavy atom. The minimum Gasteiger partial charge on any atom is -0.468 e. The molecule has 1 rings (SSSR count). The van der Waals surface area contributed by atoms with Crippen LogP contribution in [0.1, 0.15) is 54.0 Å². The topological polar surface area (TPSA) is 136 Å². The van der Waals surface area contributed by atoms with Crippen LogP contribution in [0.25, 0.3) is 0 Å². The van der Waals surface area contributed by atoms with Crippen LogP contribution in [0.4, 0.5) is 9.59 Å². The van der Waals surface area contributed by atoms with E-state index >= 15 is 0 Å². The number of hydrogen-bond acceptors (Lipinski definition) is 11. The van der Waals surface area contributed by atoms with E-state index in [1.165, 1.54) is 19.2 Å². The molecule has 1 aromatic carbocycles. The summed E-state index contributed by atoms with van der Waals surface area (Å²) in [5.41, 5.74) is 0.564. The molecule has 0 bridgehead atoms. The van der Waals surface area contributed by atoms with E-state index in [0.717, 1.165) is 0 Å². The molecule has 0 radical (unpaired) electrons. The zero-order chi connectivity index (χ0) is 28.8. The highest BCUT2D eigenvalue weighted by molar-refractivity contribution is 5.76. The Labute approximate surface area is 224 Å². The predicted molar refractivity (Wildman–Crippen MR) is 138 cm³/mol. The van der Waals surface area contributed by atoms with Crippen molar-refractivity contribution < 1.29 is 47.6 Å². The molecule has 0 saturated heterocycles. The molecule has 0 aliphatic heterocycles. The second-order valence-corrected chi connectivity index (χ2v) is 9.99. The largest absolute Gasteiger partial charge is 0.513 e. The van der Waals surface area contributed by atoms with Crippen molar-refractivity contribution in [2.24, 2.45) is 17.8 Å². The first-order chi connectivity index (χ1) is 17.8. The lowest BCUT2D eigenvalue weighted by Crippen LogP contribution is -2.43. The molecule has 1 N–H and O–H groups in total. The zero-order valence-electron chi connectivity index (χ0n) is 23.5. The summed E-state index contributed by atoms with van der Waals surface area (Å²) < 4.78 is 30.9. The van der Waals surface area contributed by atoms with E-state index in [9.17, 15) is 19.2 Å². The lowest BCUT2D eigenvalue weighted by Gasteiger charge is -2.21. The van der Waals surface area contributed by atoms with Crippen molar-refractivity contribution in [3.63, 3.8) is 0 Å². The minimum atomic E-state index is -0.973. The number of hydrogen-bond donors (Lipinski definition) is 1. The van der Waals surface area contributed by atoms with Crippen LogP contribution in [-0.4, -0.2) is 63.3 Å². The van der Waals surface area contributed by atoms with Crippen LogP contribution in [0.5, 0.6) is 11.5 Å². The van der Waals surface area contributed by atoms with E-state index in [1.54, 1.807) is 26.8 Å². The Morgan fingerprint density at radius 2 is 1.34 bits per heavy atom. The Hall–Kier alpha value is -3.34. The molecule has 0 aromatic heterocycles. The van der Waals surface area contributed by atoms with E-state index in [2.05, 4.69) is 5.32 Å². The SMILES string of the molecule is COC(=O)[C@H](Cc1ccc(OC(=O)OCC(C)C)c(OC(=O)OCC(C)C)c1)NCC(C)OC(=O)C(C)C. The standard InChI is InChI=1S/C27H41NO10/c1-16(2)14-34-26(31)37-22-10-9-20(12-23(22)38-27(32)35-15-17(3)4)11-21(25(30)33-8)28-13-19(7)36-24(29)18(5)6/h9-10,12,16-19,21,28H,11,13-15H2,1-8H3/t19?,21-/m0/s1. The van der Waals surface area contributed by atoms with Gasteiger partial charge >= 0.3 is 24.2 Å². The minimum absolute atomic E-state index is 0.0548. The number of benzene rings is 1. The maximum Gasteiger partial charge on any atom is 0.513 e. The van der Waals surface area contributed by atoms with Gasteiger partial charge in [0.25, 0.3) is 0 Å².